The van der Waals surface area contributed by atoms with Crippen molar-refractivity contribution >= 4 is 47.8 Å². The Morgan fingerprint density at radius 1 is 1.17 bits per heavy atom. The molecule has 66 valence electrons. The fourth-order valence-electron chi connectivity index (χ4n) is 0.946. The van der Waals surface area contributed by atoms with Gasteiger partial charge in [-0.25, -0.2) is 0 Å². The number of benzene rings is 1. The van der Waals surface area contributed by atoms with Crippen LogP contribution >= 0.6 is 47.8 Å². The number of halogens is 3. The fraction of sp³-hybridized carbons (Fsp3) is 0.333. The Balaban J connectivity index is 2.94. The van der Waals surface area contributed by atoms with Gasteiger partial charge < -0.3 is 0 Å². The molecule has 1 aromatic rings. The summed E-state index contributed by atoms with van der Waals surface area (Å²) in [4.78, 5) is 0.782. The molecule has 0 spiro atoms. The maximum absolute atomic E-state index is 3.62. The highest BCUT2D eigenvalue weighted by Crippen LogP contribution is 2.34. The molecule has 0 bridgehead atoms. The van der Waals surface area contributed by atoms with E-state index in [4.69, 9.17) is 0 Å². The minimum absolute atomic E-state index is 0.355. The van der Waals surface area contributed by atoms with E-state index in [1.807, 2.05) is 12.1 Å². The molecular weight excluding hydrogens is 348 g/mol. The van der Waals surface area contributed by atoms with E-state index in [0.29, 0.717) is 9.65 Å². The summed E-state index contributed by atoms with van der Waals surface area (Å²) >= 11 is 10.7. The summed E-state index contributed by atoms with van der Waals surface area (Å²) in [6, 6.07) is 8.23. The predicted molar refractivity (Wildman–Crippen MR) is 64.2 cm³/mol. The number of alkyl halides is 2. The minimum Gasteiger partial charge on any atom is -0.0878 e. The lowest BCUT2D eigenvalue weighted by atomic mass is 10.1. The highest BCUT2D eigenvalue weighted by atomic mass is 79.9. The standard InChI is InChI=1S/C9H9Br3/c1-6(10)9(12)7-4-2-3-5-8(7)11/h2-6,9H,1H3. The quantitative estimate of drug-likeness (QED) is 0.675. The summed E-state index contributed by atoms with van der Waals surface area (Å²) in [6.07, 6.45) is 0. The molecule has 0 amide bonds. The summed E-state index contributed by atoms with van der Waals surface area (Å²) < 4.78 is 1.15. The van der Waals surface area contributed by atoms with Crippen molar-refractivity contribution in [1.29, 1.82) is 0 Å². The van der Waals surface area contributed by atoms with Gasteiger partial charge in [0.15, 0.2) is 0 Å². The first kappa shape index (κ1) is 10.7. The highest BCUT2D eigenvalue weighted by molar-refractivity contribution is 9.12. The van der Waals surface area contributed by atoms with Crippen LogP contribution in [0.2, 0.25) is 0 Å². The molecule has 0 heterocycles. The molecule has 0 radical (unpaired) electrons. The van der Waals surface area contributed by atoms with Gasteiger partial charge in [-0.1, -0.05) is 72.9 Å². The van der Waals surface area contributed by atoms with Crippen LogP contribution in [0.4, 0.5) is 0 Å². The van der Waals surface area contributed by atoms with Crippen LogP contribution in [0.15, 0.2) is 28.7 Å². The van der Waals surface area contributed by atoms with Crippen LogP contribution in [-0.2, 0) is 0 Å². The molecular formula is C9H9Br3. The van der Waals surface area contributed by atoms with Gasteiger partial charge in [0, 0.05) is 9.30 Å². The summed E-state index contributed by atoms with van der Waals surface area (Å²) in [7, 11) is 0. The van der Waals surface area contributed by atoms with Gasteiger partial charge in [0.25, 0.3) is 0 Å². The van der Waals surface area contributed by atoms with Crippen molar-refractivity contribution in [1.82, 2.24) is 0 Å². The summed E-state index contributed by atoms with van der Waals surface area (Å²) in [5.74, 6) is 0. The molecule has 3 heteroatoms. The monoisotopic (exact) mass is 354 g/mol. The van der Waals surface area contributed by atoms with Gasteiger partial charge in [-0.15, -0.1) is 0 Å². The van der Waals surface area contributed by atoms with Crippen molar-refractivity contribution in [3.63, 3.8) is 0 Å². The second kappa shape index (κ2) is 4.77. The third kappa shape index (κ3) is 2.57. The molecule has 2 atom stereocenters. The smallest absolute Gasteiger partial charge is 0.0528 e. The molecule has 0 aliphatic carbocycles. The lowest BCUT2D eigenvalue weighted by molar-refractivity contribution is 0.943. The lowest BCUT2D eigenvalue weighted by Crippen LogP contribution is -2.01. The minimum atomic E-state index is 0.355. The van der Waals surface area contributed by atoms with Crippen LogP contribution in [0, 0.1) is 0 Å². The first-order valence-electron chi connectivity index (χ1n) is 3.65. The van der Waals surface area contributed by atoms with Gasteiger partial charge in [0.1, 0.15) is 0 Å². The van der Waals surface area contributed by atoms with Gasteiger partial charge in [-0.2, -0.15) is 0 Å². The Hall–Kier alpha value is 0.660. The molecule has 0 aliphatic heterocycles. The third-order valence-corrected chi connectivity index (χ3v) is 4.85. The van der Waals surface area contributed by atoms with E-state index in [9.17, 15) is 0 Å². The Labute approximate surface area is 98.1 Å². The van der Waals surface area contributed by atoms with Crippen LogP contribution in [-0.4, -0.2) is 4.83 Å². The molecule has 0 fully saturated rings. The fourth-order valence-corrected chi connectivity index (χ4v) is 2.47. The zero-order valence-electron chi connectivity index (χ0n) is 6.60. The Morgan fingerprint density at radius 2 is 1.75 bits per heavy atom. The molecule has 1 aromatic carbocycles. The van der Waals surface area contributed by atoms with Crippen molar-refractivity contribution in [3.05, 3.63) is 34.3 Å². The summed E-state index contributed by atoms with van der Waals surface area (Å²) in [6.45, 7) is 2.12. The van der Waals surface area contributed by atoms with Crippen molar-refractivity contribution < 1.29 is 0 Å². The predicted octanol–water partition coefficient (Wildman–Crippen LogP) is 4.67. The molecule has 0 nitrogen and oxygen atoms in total. The molecule has 0 aromatic heterocycles. The average Bonchev–Trinajstić information content (AvgIpc) is 2.04. The first-order chi connectivity index (χ1) is 5.63. The second-order valence-electron chi connectivity index (χ2n) is 2.60. The van der Waals surface area contributed by atoms with Gasteiger partial charge in [0.05, 0.1) is 4.83 Å². The van der Waals surface area contributed by atoms with Gasteiger partial charge in [-0.05, 0) is 11.6 Å². The van der Waals surface area contributed by atoms with Gasteiger partial charge in [0.2, 0.25) is 0 Å². The van der Waals surface area contributed by atoms with Gasteiger partial charge in [-0.3, -0.25) is 0 Å². The summed E-state index contributed by atoms with van der Waals surface area (Å²) in [5.41, 5.74) is 1.28. The van der Waals surface area contributed by atoms with E-state index in [0.717, 1.165) is 4.47 Å². The molecule has 2 unspecified atom stereocenters. The van der Waals surface area contributed by atoms with Crippen LogP contribution in [0.5, 0.6) is 0 Å². The van der Waals surface area contributed by atoms with E-state index >= 15 is 0 Å². The molecule has 1 rings (SSSR count). The van der Waals surface area contributed by atoms with Crippen molar-refractivity contribution in [2.45, 2.75) is 16.6 Å². The molecule has 0 saturated heterocycles. The zero-order valence-corrected chi connectivity index (χ0v) is 11.4. The number of rotatable bonds is 2. The van der Waals surface area contributed by atoms with Crippen LogP contribution in [0.3, 0.4) is 0 Å². The van der Waals surface area contributed by atoms with E-state index < -0.39 is 0 Å². The van der Waals surface area contributed by atoms with E-state index in [1.54, 1.807) is 0 Å². The van der Waals surface area contributed by atoms with E-state index in [-0.39, 0.29) is 0 Å². The lowest BCUT2D eigenvalue weighted by Gasteiger charge is -2.13. The van der Waals surface area contributed by atoms with Crippen LogP contribution in [0.25, 0.3) is 0 Å². The summed E-state index contributed by atoms with van der Waals surface area (Å²) in [5, 5.41) is 0. The Kier molecular flexibility index (Phi) is 4.27. The van der Waals surface area contributed by atoms with Crippen LogP contribution in [0.1, 0.15) is 17.3 Å². The number of hydrogen-bond acceptors (Lipinski definition) is 0. The van der Waals surface area contributed by atoms with E-state index in [2.05, 4.69) is 66.8 Å². The third-order valence-electron chi connectivity index (χ3n) is 1.61. The topological polar surface area (TPSA) is 0 Å². The Morgan fingerprint density at radius 3 is 2.25 bits per heavy atom. The maximum Gasteiger partial charge on any atom is 0.0528 e. The SMILES string of the molecule is CC(Br)C(Br)c1ccccc1Br. The maximum atomic E-state index is 3.62. The normalized spacial score (nSPS) is 15.7. The number of hydrogen-bond donors (Lipinski definition) is 0. The van der Waals surface area contributed by atoms with E-state index in [1.165, 1.54) is 5.56 Å². The molecule has 0 saturated carbocycles. The van der Waals surface area contributed by atoms with Gasteiger partial charge >= 0.3 is 0 Å². The van der Waals surface area contributed by atoms with Crippen molar-refractivity contribution in [2.24, 2.45) is 0 Å². The highest BCUT2D eigenvalue weighted by Gasteiger charge is 2.14. The Bertz CT molecular complexity index is 258. The molecule has 12 heavy (non-hydrogen) atoms. The molecule has 0 N–H and O–H groups in total. The second-order valence-corrected chi connectivity index (χ2v) is 5.89. The largest absolute Gasteiger partial charge is 0.0878 e. The van der Waals surface area contributed by atoms with Crippen molar-refractivity contribution in [3.8, 4) is 0 Å². The first-order valence-corrected chi connectivity index (χ1v) is 6.28. The zero-order chi connectivity index (χ0) is 9.14. The van der Waals surface area contributed by atoms with Crippen molar-refractivity contribution in [2.75, 3.05) is 0 Å². The average molecular weight is 357 g/mol. The molecule has 0 aliphatic rings. The van der Waals surface area contributed by atoms with Crippen LogP contribution < -0.4 is 0 Å².